The van der Waals surface area contributed by atoms with Crippen molar-refractivity contribution in [1.82, 2.24) is 9.55 Å². The van der Waals surface area contributed by atoms with Crippen LogP contribution in [-0.4, -0.2) is 15.5 Å². The van der Waals surface area contributed by atoms with Crippen molar-refractivity contribution < 1.29 is 4.79 Å². The molecule has 0 unspecified atom stereocenters. The first-order valence-electron chi connectivity index (χ1n) is 7.10. The SMILES string of the molecule is CCc1nc2cc(C(=O)Nc3cccc(Cl)c3)ccc2n1C. The molecular formula is C17H16ClN3O. The monoisotopic (exact) mass is 313 g/mol. The molecule has 0 spiro atoms. The second-order valence-electron chi connectivity index (χ2n) is 5.11. The minimum absolute atomic E-state index is 0.173. The zero-order chi connectivity index (χ0) is 15.7. The number of aromatic nitrogens is 2. The van der Waals surface area contributed by atoms with E-state index in [-0.39, 0.29) is 5.91 Å². The molecule has 5 heteroatoms. The van der Waals surface area contributed by atoms with Crippen molar-refractivity contribution in [2.75, 3.05) is 5.32 Å². The summed E-state index contributed by atoms with van der Waals surface area (Å²) in [6, 6.07) is 12.6. The van der Waals surface area contributed by atoms with E-state index < -0.39 is 0 Å². The summed E-state index contributed by atoms with van der Waals surface area (Å²) in [6.07, 6.45) is 0.856. The van der Waals surface area contributed by atoms with E-state index in [1.54, 1.807) is 24.3 Å². The van der Waals surface area contributed by atoms with Gasteiger partial charge in [0.15, 0.2) is 0 Å². The van der Waals surface area contributed by atoms with Crippen LogP contribution in [0.3, 0.4) is 0 Å². The van der Waals surface area contributed by atoms with Gasteiger partial charge in [0.2, 0.25) is 0 Å². The lowest BCUT2D eigenvalue weighted by Gasteiger charge is -2.06. The number of halogens is 1. The number of carbonyl (C=O) groups excluding carboxylic acids is 1. The lowest BCUT2D eigenvalue weighted by Crippen LogP contribution is -2.11. The Morgan fingerprint density at radius 1 is 1.27 bits per heavy atom. The van der Waals surface area contributed by atoms with Gasteiger partial charge >= 0.3 is 0 Å². The normalized spacial score (nSPS) is 10.9. The molecule has 1 N–H and O–H groups in total. The Morgan fingerprint density at radius 2 is 2.09 bits per heavy atom. The molecule has 2 aromatic carbocycles. The van der Waals surface area contributed by atoms with Crippen LogP contribution in [0.5, 0.6) is 0 Å². The fourth-order valence-corrected chi connectivity index (χ4v) is 2.67. The summed E-state index contributed by atoms with van der Waals surface area (Å²) in [7, 11) is 1.99. The number of fused-ring (bicyclic) bond motifs is 1. The number of rotatable bonds is 3. The smallest absolute Gasteiger partial charge is 0.255 e. The molecule has 0 radical (unpaired) electrons. The average molecular weight is 314 g/mol. The third kappa shape index (κ3) is 2.70. The van der Waals surface area contributed by atoms with Gasteiger partial charge in [0.25, 0.3) is 5.91 Å². The van der Waals surface area contributed by atoms with Gasteiger partial charge in [-0.25, -0.2) is 4.98 Å². The van der Waals surface area contributed by atoms with Gasteiger partial charge < -0.3 is 9.88 Å². The molecule has 1 aromatic heterocycles. The van der Waals surface area contributed by atoms with Crippen LogP contribution in [-0.2, 0) is 13.5 Å². The maximum Gasteiger partial charge on any atom is 0.255 e. The van der Waals surface area contributed by atoms with Gasteiger partial charge in [0.1, 0.15) is 5.82 Å². The molecule has 22 heavy (non-hydrogen) atoms. The first kappa shape index (κ1) is 14.6. The van der Waals surface area contributed by atoms with Crippen LogP contribution < -0.4 is 5.32 Å². The lowest BCUT2D eigenvalue weighted by molar-refractivity contribution is 0.102. The molecule has 0 aliphatic heterocycles. The molecule has 0 aliphatic rings. The number of nitrogens with zero attached hydrogens (tertiary/aromatic N) is 2. The minimum atomic E-state index is -0.173. The van der Waals surface area contributed by atoms with Crippen molar-refractivity contribution in [2.45, 2.75) is 13.3 Å². The Labute approximate surface area is 133 Å². The second kappa shape index (κ2) is 5.81. The summed E-state index contributed by atoms with van der Waals surface area (Å²) < 4.78 is 2.05. The first-order valence-corrected chi connectivity index (χ1v) is 7.48. The number of amides is 1. The van der Waals surface area contributed by atoms with Crippen LogP contribution in [0, 0.1) is 0 Å². The Bertz CT molecular complexity index is 854. The molecule has 0 saturated heterocycles. The molecule has 112 valence electrons. The van der Waals surface area contributed by atoms with E-state index in [0.717, 1.165) is 23.3 Å². The third-order valence-corrected chi connectivity index (χ3v) is 3.87. The minimum Gasteiger partial charge on any atom is -0.331 e. The summed E-state index contributed by atoms with van der Waals surface area (Å²) in [5.74, 6) is 0.829. The van der Waals surface area contributed by atoms with Gasteiger partial charge in [-0.05, 0) is 36.4 Å². The number of imidazole rings is 1. The van der Waals surface area contributed by atoms with E-state index in [1.165, 1.54) is 0 Å². The summed E-state index contributed by atoms with van der Waals surface area (Å²) in [5.41, 5.74) is 3.11. The second-order valence-corrected chi connectivity index (χ2v) is 5.55. The molecular weight excluding hydrogens is 298 g/mol. The molecule has 0 saturated carbocycles. The van der Waals surface area contributed by atoms with Gasteiger partial charge in [0, 0.05) is 29.7 Å². The average Bonchev–Trinajstić information content (AvgIpc) is 2.83. The molecule has 3 rings (SSSR count). The Kier molecular flexibility index (Phi) is 3.86. The van der Waals surface area contributed by atoms with Crippen molar-refractivity contribution in [1.29, 1.82) is 0 Å². The Morgan fingerprint density at radius 3 is 2.82 bits per heavy atom. The maximum atomic E-state index is 12.3. The van der Waals surface area contributed by atoms with Crippen molar-refractivity contribution in [2.24, 2.45) is 7.05 Å². The van der Waals surface area contributed by atoms with Crippen LogP contribution in [0.15, 0.2) is 42.5 Å². The van der Waals surface area contributed by atoms with Crippen LogP contribution >= 0.6 is 11.6 Å². The number of carbonyl (C=O) groups is 1. The van der Waals surface area contributed by atoms with E-state index in [0.29, 0.717) is 16.3 Å². The Hall–Kier alpha value is -2.33. The number of nitrogens with one attached hydrogen (secondary N) is 1. The van der Waals surface area contributed by atoms with Crippen LogP contribution in [0.4, 0.5) is 5.69 Å². The molecule has 1 heterocycles. The van der Waals surface area contributed by atoms with Gasteiger partial charge in [0.05, 0.1) is 11.0 Å². The largest absolute Gasteiger partial charge is 0.331 e. The van der Waals surface area contributed by atoms with Gasteiger partial charge in [-0.15, -0.1) is 0 Å². The van der Waals surface area contributed by atoms with Crippen LogP contribution in [0.2, 0.25) is 5.02 Å². The topological polar surface area (TPSA) is 46.9 Å². The zero-order valence-corrected chi connectivity index (χ0v) is 13.2. The standard InChI is InChI=1S/C17H16ClN3O/c1-3-16-20-14-9-11(7-8-15(14)21(16)2)17(22)19-13-6-4-5-12(18)10-13/h4-10H,3H2,1-2H3,(H,19,22). The highest BCUT2D eigenvalue weighted by Crippen LogP contribution is 2.19. The predicted octanol–water partition coefficient (Wildman–Crippen LogP) is 4.04. The summed E-state index contributed by atoms with van der Waals surface area (Å²) >= 11 is 5.92. The molecule has 1 amide bonds. The van der Waals surface area contributed by atoms with E-state index in [2.05, 4.69) is 17.2 Å². The molecule has 4 nitrogen and oxygen atoms in total. The van der Waals surface area contributed by atoms with Crippen LogP contribution in [0.25, 0.3) is 11.0 Å². The molecule has 0 bridgehead atoms. The summed E-state index contributed by atoms with van der Waals surface area (Å²) in [6.45, 7) is 2.06. The zero-order valence-electron chi connectivity index (χ0n) is 12.4. The van der Waals surface area contributed by atoms with Crippen molar-refractivity contribution in [3.8, 4) is 0 Å². The highest BCUT2D eigenvalue weighted by Gasteiger charge is 2.11. The molecule has 3 aromatic rings. The number of hydrogen-bond acceptors (Lipinski definition) is 2. The van der Waals surface area contributed by atoms with Crippen molar-refractivity contribution in [3.05, 3.63) is 58.9 Å². The highest BCUT2D eigenvalue weighted by atomic mass is 35.5. The summed E-state index contributed by atoms with van der Waals surface area (Å²) in [4.78, 5) is 16.9. The third-order valence-electron chi connectivity index (χ3n) is 3.63. The van der Waals surface area contributed by atoms with E-state index in [9.17, 15) is 4.79 Å². The number of hydrogen-bond donors (Lipinski definition) is 1. The summed E-state index contributed by atoms with van der Waals surface area (Å²) in [5, 5.41) is 3.43. The number of aryl methyl sites for hydroxylation is 2. The molecule has 0 aliphatic carbocycles. The lowest BCUT2D eigenvalue weighted by atomic mass is 10.2. The van der Waals surface area contributed by atoms with E-state index in [4.69, 9.17) is 11.6 Å². The van der Waals surface area contributed by atoms with E-state index >= 15 is 0 Å². The van der Waals surface area contributed by atoms with Gasteiger partial charge in [-0.3, -0.25) is 4.79 Å². The van der Waals surface area contributed by atoms with Gasteiger partial charge in [-0.1, -0.05) is 24.6 Å². The first-order chi connectivity index (χ1) is 10.6. The predicted molar refractivity (Wildman–Crippen MR) is 89.5 cm³/mol. The van der Waals surface area contributed by atoms with Crippen LogP contribution in [0.1, 0.15) is 23.1 Å². The van der Waals surface area contributed by atoms with Crippen molar-refractivity contribution >= 4 is 34.2 Å². The van der Waals surface area contributed by atoms with Crippen molar-refractivity contribution in [3.63, 3.8) is 0 Å². The van der Waals surface area contributed by atoms with E-state index in [1.807, 2.05) is 29.8 Å². The fourth-order valence-electron chi connectivity index (χ4n) is 2.48. The number of benzene rings is 2. The Balaban J connectivity index is 1.91. The highest BCUT2D eigenvalue weighted by molar-refractivity contribution is 6.31. The molecule has 0 fully saturated rings. The quantitative estimate of drug-likeness (QED) is 0.793. The molecule has 0 atom stereocenters. The van der Waals surface area contributed by atoms with Gasteiger partial charge in [-0.2, -0.15) is 0 Å². The maximum absolute atomic E-state index is 12.3. The number of anilines is 1. The fraction of sp³-hybridized carbons (Fsp3) is 0.176.